The summed E-state index contributed by atoms with van der Waals surface area (Å²) in [6.07, 6.45) is 0. The highest BCUT2D eigenvalue weighted by Gasteiger charge is 2.34. The van der Waals surface area contributed by atoms with E-state index in [2.05, 4.69) is 0 Å². The van der Waals surface area contributed by atoms with Gasteiger partial charge in [-0.3, -0.25) is 4.18 Å². The van der Waals surface area contributed by atoms with Gasteiger partial charge in [-0.1, -0.05) is 0 Å². The third-order valence-electron chi connectivity index (χ3n) is 1.73. The Kier molecular flexibility index (Phi) is 1.73. The molecule has 2 aliphatic heterocycles. The van der Waals surface area contributed by atoms with Crippen LogP contribution in [0, 0.1) is 0 Å². The van der Waals surface area contributed by atoms with Crippen LogP contribution >= 0.6 is 0 Å². The van der Waals surface area contributed by atoms with Crippen molar-refractivity contribution in [2.75, 3.05) is 26.4 Å². The van der Waals surface area contributed by atoms with E-state index in [1.165, 1.54) is 0 Å². The van der Waals surface area contributed by atoms with Gasteiger partial charge in [0.1, 0.15) is 0 Å². The summed E-state index contributed by atoms with van der Waals surface area (Å²) in [7, 11) is 0. The Balaban J connectivity index is 2.08. The van der Waals surface area contributed by atoms with Crippen LogP contribution in [0.2, 0.25) is 0 Å². The van der Waals surface area contributed by atoms with E-state index < -0.39 is 11.3 Å². The molecule has 1 unspecified atom stereocenters. The lowest BCUT2D eigenvalue weighted by molar-refractivity contribution is 0.0386. The largest absolute Gasteiger partial charge is 0.378 e. The van der Waals surface area contributed by atoms with Crippen LogP contribution in [0.5, 0.6) is 0 Å². The first-order valence-electron chi connectivity index (χ1n) is 3.27. The molecule has 4 nitrogen and oxygen atoms in total. The number of rotatable bonds is 0. The van der Waals surface area contributed by atoms with Gasteiger partial charge in [-0.25, -0.2) is 4.21 Å². The Hall–Kier alpha value is 0.0300. The van der Waals surface area contributed by atoms with Crippen molar-refractivity contribution >= 4 is 11.3 Å². The second-order valence-electron chi connectivity index (χ2n) is 2.37. The molecule has 5 heteroatoms. The zero-order valence-corrected chi connectivity index (χ0v) is 6.30. The summed E-state index contributed by atoms with van der Waals surface area (Å²) >= 11 is -1.19. The van der Waals surface area contributed by atoms with Crippen molar-refractivity contribution in [1.82, 2.24) is 4.31 Å². The van der Waals surface area contributed by atoms with E-state index in [4.69, 9.17) is 8.92 Å². The Morgan fingerprint density at radius 3 is 3.20 bits per heavy atom. The van der Waals surface area contributed by atoms with Gasteiger partial charge in [-0.15, -0.1) is 0 Å². The number of nitrogens with zero attached hydrogens (tertiary/aromatic N) is 1. The first kappa shape index (κ1) is 6.72. The minimum absolute atomic E-state index is 0.231. The van der Waals surface area contributed by atoms with Crippen LogP contribution in [-0.4, -0.2) is 40.9 Å². The summed E-state index contributed by atoms with van der Waals surface area (Å²) in [5, 5.41) is 0. The molecule has 0 N–H and O–H groups in total. The van der Waals surface area contributed by atoms with Gasteiger partial charge in [0, 0.05) is 6.54 Å². The lowest BCUT2D eigenvalue weighted by atomic mass is 10.3. The molecule has 0 spiro atoms. The third-order valence-corrected chi connectivity index (χ3v) is 2.93. The minimum atomic E-state index is -1.19. The van der Waals surface area contributed by atoms with Crippen LogP contribution in [0.1, 0.15) is 0 Å². The quantitative estimate of drug-likeness (QED) is 0.474. The highest BCUT2D eigenvalue weighted by molar-refractivity contribution is 7.78. The van der Waals surface area contributed by atoms with Crippen molar-refractivity contribution in [3.63, 3.8) is 0 Å². The van der Waals surface area contributed by atoms with Crippen molar-refractivity contribution in [1.29, 1.82) is 0 Å². The van der Waals surface area contributed by atoms with Gasteiger partial charge in [0.25, 0.3) is 0 Å². The summed E-state index contributed by atoms with van der Waals surface area (Å²) in [6, 6.07) is 0.231. The van der Waals surface area contributed by atoms with E-state index in [9.17, 15) is 4.21 Å². The second-order valence-corrected chi connectivity index (χ2v) is 3.51. The summed E-state index contributed by atoms with van der Waals surface area (Å²) in [5.41, 5.74) is 0. The minimum Gasteiger partial charge on any atom is -0.378 e. The number of morpholine rings is 1. The molecule has 0 aromatic rings. The molecule has 2 saturated heterocycles. The molecule has 0 aromatic heterocycles. The molecule has 2 rings (SSSR count). The van der Waals surface area contributed by atoms with E-state index in [1.807, 2.05) is 4.31 Å². The molecule has 0 aromatic carbocycles. The summed E-state index contributed by atoms with van der Waals surface area (Å²) in [6.45, 7) is 2.61. The van der Waals surface area contributed by atoms with Crippen LogP contribution in [-0.2, 0) is 20.2 Å². The average molecular weight is 163 g/mol. The average Bonchev–Trinajstić information content (AvgIpc) is 2.34. The fraction of sp³-hybridized carbons (Fsp3) is 1.00. The van der Waals surface area contributed by atoms with Crippen LogP contribution in [0.15, 0.2) is 0 Å². The highest BCUT2D eigenvalue weighted by atomic mass is 32.2. The molecule has 2 heterocycles. The lowest BCUT2D eigenvalue weighted by Crippen LogP contribution is -2.42. The van der Waals surface area contributed by atoms with Gasteiger partial charge in [0.2, 0.25) is 11.3 Å². The number of fused-ring (bicyclic) bond motifs is 1. The molecule has 58 valence electrons. The Bertz CT molecular complexity index is 163. The van der Waals surface area contributed by atoms with Gasteiger partial charge in [-0.05, 0) is 0 Å². The predicted octanol–water partition coefficient (Wildman–Crippen LogP) is -0.704. The maximum absolute atomic E-state index is 11.0. The topological polar surface area (TPSA) is 38.8 Å². The molecule has 0 aliphatic carbocycles. The monoisotopic (exact) mass is 163 g/mol. The third kappa shape index (κ3) is 0.989. The number of hydrogen-bond acceptors (Lipinski definition) is 3. The van der Waals surface area contributed by atoms with Crippen molar-refractivity contribution in [2.24, 2.45) is 0 Å². The maximum Gasteiger partial charge on any atom is 0.237 e. The van der Waals surface area contributed by atoms with E-state index in [1.54, 1.807) is 0 Å². The smallest absolute Gasteiger partial charge is 0.237 e. The zero-order valence-electron chi connectivity index (χ0n) is 5.49. The maximum atomic E-state index is 11.0. The normalized spacial score (nSPS) is 41.6. The summed E-state index contributed by atoms with van der Waals surface area (Å²) in [4.78, 5) is 0. The van der Waals surface area contributed by atoms with E-state index >= 15 is 0 Å². The van der Waals surface area contributed by atoms with Crippen molar-refractivity contribution in [3.05, 3.63) is 0 Å². The predicted molar refractivity (Wildman–Crippen MR) is 35.4 cm³/mol. The van der Waals surface area contributed by atoms with E-state index in [-0.39, 0.29) is 6.04 Å². The van der Waals surface area contributed by atoms with Gasteiger partial charge in [0.15, 0.2) is 0 Å². The van der Waals surface area contributed by atoms with Crippen LogP contribution in [0.25, 0.3) is 0 Å². The van der Waals surface area contributed by atoms with E-state index in [0.717, 1.165) is 6.54 Å². The summed E-state index contributed by atoms with van der Waals surface area (Å²) < 4.78 is 22.9. The molecule has 0 amide bonds. The first-order valence-corrected chi connectivity index (χ1v) is 4.30. The van der Waals surface area contributed by atoms with Gasteiger partial charge in [0.05, 0.1) is 25.9 Å². The number of hydrogen-bond donors (Lipinski definition) is 0. The molecule has 0 radical (unpaired) electrons. The molecular weight excluding hydrogens is 154 g/mol. The Labute approximate surface area is 61.9 Å². The van der Waals surface area contributed by atoms with Gasteiger partial charge < -0.3 is 4.74 Å². The number of ether oxygens (including phenoxy) is 1. The van der Waals surface area contributed by atoms with Gasteiger partial charge in [-0.2, -0.15) is 4.31 Å². The summed E-state index contributed by atoms with van der Waals surface area (Å²) in [5.74, 6) is 0. The fourth-order valence-corrected chi connectivity index (χ4v) is 2.17. The van der Waals surface area contributed by atoms with Crippen molar-refractivity contribution in [2.45, 2.75) is 6.04 Å². The molecular formula is C5H9NO3S. The Morgan fingerprint density at radius 2 is 2.40 bits per heavy atom. The van der Waals surface area contributed by atoms with Gasteiger partial charge >= 0.3 is 0 Å². The highest BCUT2D eigenvalue weighted by Crippen LogP contribution is 2.17. The van der Waals surface area contributed by atoms with Crippen molar-refractivity contribution in [3.8, 4) is 0 Å². The Morgan fingerprint density at radius 1 is 1.50 bits per heavy atom. The SMILES string of the molecule is O=S1OC[C@H]2COCCN21. The molecule has 0 saturated carbocycles. The molecule has 2 atom stereocenters. The molecule has 2 aliphatic rings. The lowest BCUT2D eigenvalue weighted by Gasteiger charge is -2.24. The molecule has 2 fully saturated rings. The van der Waals surface area contributed by atoms with Crippen molar-refractivity contribution < 1.29 is 13.1 Å². The zero-order chi connectivity index (χ0) is 6.97. The fourth-order valence-electron chi connectivity index (χ4n) is 1.17. The van der Waals surface area contributed by atoms with E-state index in [0.29, 0.717) is 19.8 Å². The second kappa shape index (κ2) is 2.58. The van der Waals surface area contributed by atoms with Crippen LogP contribution in [0.3, 0.4) is 0 Å². The molecule has 10 heavy (non-hydrogen) atoms. The van der Waals surface area contributed by atoms with Crippen LogP contribution in [0.4, 0.5) is 0 Å². The molecule has 0 bridgehead atoms. The first-order chi connectivity index (χ1) is 4.88. The standard InChI is InChI=1S/C5H9NO3S/c7-10-6-1-2-8-3-5(6)4-9-10/h5H,1-4H2/t5-,10?/m1/s1. The van der Waals surface area contributed by atoms with Crippen LogP contribution < -0.4 is 0 Å².